The second-order valence-electron chi connectivity index (χ2n) is 3.95. The molecule has 0 rings (SSSR count). The predicted molar refractivity (Wildman–Crippen MR) is 57.4 cm³/mol. The van der Waals surface area contributed by atoms with E-state index in [1.807, 2.05) is 0 Å². The average Bonchev–Trinajstić information content (AvgIpc) is 2.01. The number of hydrogen-bond donors (Lipinski definition) is 0. The van der Waals surface area contributed by atoms with Crippen molar-refractivity contribution in [3.63, 3.8) is 0 Å². The summed E-state index contributed by atoms with van der Waals surface area (Å²) < 4.78 is 0. The van der Waals surface area contributed by atoms with Crippen molar-refractivity contribution >= 4 is 0 Å². The Hall–Kier alpha value is -0.260. The molecule has 0 aliphatic rings. The van der Waals surface area contributed by atoms with Crippen molar-refractivity contribution in [1.82, 2.24) is 0 Å². The third-order valence-electron chi connectivity index (χ3n) is 2.11. The highest BCUT2D eigenvalue weighted by molar-refractivity contribution is 5.01. The summed E-state index contributed by atoms with van der Waals surface area (Å²) in [5.41, 5.74) is 1.67. The molecule has 0 radical (unpaired) electrons. The van der Waals surface area contributed by atoms with Crippen LogP contribution in [-0.4, -0.2) is 0 Å². The maximum Gasteiger partial charge on any atom is -0.0318 e. The molecule has 0 fully saturated rings. The van der Waals surface area contributed by atoms with Crippen LogP contribution in [0.2, 0.25) is 0 Å². The lowest BCUT2D eigenvalue weighted by molar-refractivity contribution is 0.575. The molecule has 0 heterocycles. The lowest BCUT2D eigenvalue weighted by Gasteiger charge is -2.07. The Morgan fingerprint density at radius 2 is 1.83 bits per heavy atom. The van der Waals surface area contributed by atoms with Crippen molar-refractivity contribution in [2.24, 2.45) is 5.92 Å². The largest absolute Gasteiger partial charge is 0.0856 e. The molecular weight excluding hydrogens is 144 g/mol. The van der Waals surface area contributed by atoms with Gasteiger partial charge in [-0.3, -0.25) is 0 Å². The minimum atomic E-state index is 0.849. The van der Waals surface area contributed by atoms with E-state index in [9.17, 15) is 0 Å². The molecule has 0 spiro atoms. The van der Waals surface area contributed by atoms with Crippen LogP contribution in [0.5, 0.6) is 0 Å². The number of hydrogen-bond acceptors (Lipinski definition) is 0. The summed E-state index contributed by atoms with van der Waals surface area (Å²) in [4.78, 5) is 0. The number of allylic oxidation sites excluding steroid dienone is 2. The molecule has 0 saturated carbocycles. The summed E-state index contributed by atoms with van der Waals surface area (Å²) in [5, 5.41) is 0. The fourth-order valence-corrected chi connectivity index (χ4v) is 1.41. The van der Waals surface area contributed by atoms with E-state index in [1.54, 1.807) is 5.57 Å². The van der Waals surface area contributed by atoms with Crippen molar-refractivity contribution in [2.75, 3.05) is 0 Å². The Bertz CT molecular complexity index is 120. The quantitative estimate of drug-likeness (QED) is 0.510. The van der Waals surface area contributed by atoms with Crippen LogP contribution < -0.4 is 0 Å². The van der Waals surface area contributed by atoms with E-state index in [0.717, 1.165) is 5.92 Å². The van der Waals surface area contributed by atoms with E-state index >= 15 is 0 Å². The van der Waals surface area contributed by atoms with Crippen molar-refractivity contribution in [2.45, 2.75) is 59.8 Å². The first kappa shape index (κ1) is 11.7. The van der Waals surface area contributed by atoms with Crippen LogP contribution in [0.15, 0.2) is 11.6 Å². The van der Waals surface area contributed by atoms with Gasteiger partial charge in [0.15, 0.2) is 0 Å². The maximum absolute atomic E-state index is 2.41. The Morgan fingerprint density at radius 3 is 2.25 bits per heavy atom. The summed E-state index contributed by atoms with van der Waals surface area (Å²) in [6.45, 7) is 9.09. The van der Waals surface area contributed by atoms with E-state index in [2.05, 4.69) is 33.8 Å². The molecule has 0 atom stereocenters. The lowest BCUT2D eigenvalue weighted by Crippen LogP contribution is -1.90. The van der Waals surface area contributed by atoms with Crippen LogP contribution in [-0.2, 0) is 0 Å². The highest BCUT2D eigenvalue weighted by atomic mass is 14.0. The lowest BCUT2D eigenvalue weighted by atomic mass is 9.99. The van der Waals surface area contributed by atoms with Gasteiger partial charge in [-0.25, -0.2) is 0 Å². The molecular formula is C12H24. The van der Waals surface area contributed by atoms with E-state index < -0.39 is 0 Å². The molecule has 0 bridgehead atoms. The van der Waals surface area contributed by atoms with Gasteiger partial charge in [-0.15, -0.1) is 0 Å². The summed E-state index contributed by atoms with van der Waals surface area (Å²) in [6, 6.07) is 0. The minimum absolute atomic E-state index is 0.849. The SMILES string of the molecule is CCC=C(CCC)CCC(C)C. The van der Waals surface area contributed by atoms with Crippen molar-refractivity contribution in [1.29, 1.82) is 0 Å². The van der Waals surface area contributed by atoms with Gasteiger partial charge in [0.05, 0.1) is 0 Å². The number of rotatable bonds is 6. The fraction of sp³-hybridized carbons (Fsp3) is 0.833. The molecule has 0 aliphatic carbocycles. The zero-order chi connectivity index (χ0) is 9.40. The van der Waals surface area contributed by atoms with Gasteiger partial charge in [-0.05, 0) is 31.6 Å². The smallest absolute Gasteiger partial charge is 0.0318 e. The Labute approximate surface area is 78.1 Å². The molecule has 0 aromatic rings. The van der Waals surface area contributed by atoms with Crippen LogP contribution in [0.1, 0.15) is 59.8 Å². The van der Waals surface area contributed by atoms with Crippen LogP contribution in [0.25, 0.3) is 0 Å². The Balaban J connectivity index is 3.71. The summed E-state index contributed by atoms with van der Waals surface area (Å²) in [6.07, 6.45) is 8.88. The third kappa shape index (κ3) is 6.45. The molecule has 0 amide bonds. The highest BCUT2D eigenvalue weighted by Gasteiger charge is 1.98. The highest BCUT2D eigenvalue weighted by Crippen LogP contribution is 2.16. The summed E-state index contributed by atoms with van der Waals surface area (Å²) in [7, 11) is 0. The molecule has 0 aromatic carbocycles. The Kier molecular flexibility index (Phi) is 7.23. The fourth-order valence-electron chi connectivity index (χ4n) is 1.41. The molecule has 0 unspecified atom stereocenters. The van der Waals surface area contributed by atoms with Crippen molar-refractivity contribution in [3.05, 3.63) is 11.6 Å². The molecule has 0 aliphatic heterocycles. The monoisotopic (exact) mass is 168 g/mol. The van der Waals surface area contributed by atoms with Crippen molar-refractivity contribution in [3.8, 4) is 0 Å². The predicted octanol–water partition coefficient (Wildman–Crippen LogP) is 4.56. The first-order chi connectivity index (χ1) is 5.70. The van der Waals surface area contributed by atoms with E-state index in [0.29, 0.717) is 0 Å². The summed E-state index contributed by atoms with van der Waals surface area (Å²) >= 11 is 0. The van der Waals surface area contributed by atoms with Crippen LogP contribution in [0.3, 0.4) is 0 Å². The van der Waals surface area contributed by atoms with Crippen molar-refractivity contribution < 1.29 is 0 Å². The molecule has 12 heavy (non-hydrogen) atoms. The summed E-state index contributed by atoms with van der Waals surface area (Å²) in [5.74, 6) is 0.849. The standard InChI is InChI=1S/C12H24/c1-5-7-12(8-6-2)10-9-11(3)4/h7,11H,5-6,8-10H2,1-4H3. The van der Waals surface area contributed by atoms with Crippen LogP contribution >= 0.6 is 0 Å². The maximum atomic E-state index is 2.41. The van der Waals surface area contributed by atoms with Gasteiger partial charge < -0.3 is 0 Å². The first-order valence-electron chi connectivity index (χ1n) is 5.38. The molecule has 72 valence electrons. The van der Waals surface area contributed by atoms with Gasteiger partial charge in [0, 0.05) is 0 Å². The van der Waals surface area contributed by atoms with E-state index in [4.69, 9.17) is 0 Å². The molecule has 0 saturated heterocycles. The molecule has 0 nitrogen and oxygen atoms in total. The van der Waals surface area contributed by atoms with Gasteiger partial charge in [0.25, 0.3) is 0 Å². The van der Waals surface area contributed by atoms with Gasteiger partial charge in [-0.2, -0.15) is 0 Å². The zero-order valence-electron chi connectivity index (χ0n) is 9.19. The minimum Gasteiger partial charge on any atom is -0.0856 e. The third-order valence-corrected chi connectivity index (χ3v) is 2.11. The zero-order valence-corrected chi connectivity index (χ0v) is 9.19. The topological polar surface area (TPSA) is 0 Å². The second-order valence-corrected chi connectivity index (χ2v) is 3.95. The van der Waals surface area contributed by atoms with Gasteiger partial charge in [0.1, 0.15) is 0 Å². The van der Waals surface area contributed by atoms with Crippen LogP contribution in [0, 0.1) is 5.92 Å². The normalized spacial score (nSPS) is 12.6. The van der Waals surface area contributed by atoms with E-state index in [1.165, 1.54) is 32.1 Å². The van der Waals surface area contributed by atoms with E-state index in [-0.39, 0.29) is 0 Å². The second kappa shape index (κ2) is 7.39. The Morgan fingerprint density at radius 1 is 1.17 bits per heavy atom. The first-order valence-corrected chi connectivity index (χ1v) is 5.38. The molecule has 0 aromatic heterocycles. The van der Waals surface area contributed by atoms with Crippen LogP contribution in [0.4, 0.5) is 0 Å². The average molecular weight is 168 g/mol. The van der Waals surface area contributed by atoms with Gasteiger partial charge in [0.2, 0.25) is 0 Å². The van der Waals surface area contributed by atoms with Gasteiger partial charge >= 0.3 is 0 Å². The molecule has 0 heteroatoms. The molecule has 0 N–H and O–H groups in total. The van der Waals surface area contributed by atoms with Gasteiger partial charge in [-0.1, -0.05) is 45.8 Å².